The van der Waals surface area contributed by atoms with E-state index < -0.39 is 10.8 Å². The SMILES string of the molecule is CCS(=O)CCNCCOc1cccc(Br)c1. The molecule has 0 aliphatic heterocycles. The van der Waals surface area contributed by atoms with Crippen LogP contribution in [0.25, 0.3) is 0 Å². The number of benzene rings is 1. The zero-order chi connectivity index (χ0) is 12.5. The lowest BCUT2D eigenvalue weighted by Gasteiger charge is -2.07. The van der Waals surface area contributed by atoms with Gasteiger partial charge in [-0.05, 0) is 18.2 Å². The van der Waals surface area contributed by atoms with Gasteiger partial charge in [0.05, 0.1) is 0 Å². The minimum atomic E-state index is -0.681. The van der Waals surface area contributed by atoms with Crippen LogP contribution in [0, 0.1) is 0 Å². The molecule has 0 spiro atoms. The third kappa shape index (κ3) is 6.81. The standard InChI is InChI=1S/C12H18BrNO2S/c1-2-17(15)9-7-14-6-8-16-12-5-3-4-11(13)10-12/h3-5,10,14H,2,6-9H2,1H3. The van der Waals surface area contributed by atoms with Crippen molar-refractivity contribution in [3.05, 3.63) is 28.7 Å². The molecule has 0 aliphatic rings. The highest BCUT2D eigenvalue weighted by Gasteiger charge is 1.96. The largest absolute Gasteiger partial charge is 0.492 e. The first kappa shape index (κ1) is 14.7. The predicted molar refractivity (Wildman–Crippen MR) is 76.1 cm³/mol. The van der Waals surface area contributed by atoms with Crippen LogP contribution in [-0.2, 0) is 10.8 Å². The van der Waals surface area contributed by atoms with Crippen LogP contribution >= 0.6 is 15.9 Å². The summed E-state index contributed by atoms with van der Waals surface area (Å²) in [4.78, 5) is 0. The zero-order valence-corrected chi connectivity index (χ0v) is 12.4. The quantitative estimate of drug-likeness (QED) is 0.746. The number of ether oxygens (including phenoxy) is 1. The zero-order valence-electron chi connectivity index (χ0n) is 9.95. The molecule has 0 saturated carbocycles. The van der Waals surface area contributed by atoms with Crippen molar-refractivity contribution in [3.63, 3.8) is 0 Å². The second kappa shape index (κ2) is 8.66. The molecule has 1 aromatic rings. The Morgan fingerprint density at radius 1 is 1.41 bits per heavy atom. The molecule has 1 unspecified atom stereocenters. The monoisotopic (exact) mass is 319 g/mol. The van der Waals surface area contributed by atoms with Gasteiger partial charge < -0.3 is 10.1 Å². The third-order valence-electron chi connectivity index (χ3n) is 2.17. The summed E-state index contributed by atoms with van der Waals surface area (Å²) in [6.07, 6.45) is 0. The van der Waals surface area contributed by atoms with Crippen LogP contribution in [0.4, 0.5) is 0 Å². The van der Waals surface area contributed by atoms with E-state index >= 15 is 0 Å². The smallest absolute Gasteiger partial charge is 0.120 e. The van der Waals surface area contributed by atoms with Gasteiger partial charge in [0.15, 0.2) is 0 Å². The fourth-order valence-corrected chi connectivity index (χ4v) is 2.29. The first-order valence-electron chi connectivity index (χ1n) is 5.66. The highest BCUT2D eigenvalue weighted by molar-refractivity contribution is 9.10. The first-order valence-corrected chi connectivity index (χ1v) is 7.94. The lowest BCUT2D eigenvalue weighted by molar-refractivity contribution is 0.315. The van der Waals surface area contributed by atoms with Gasteiger partial charge in [-0.25, -0.2) is 0 Å². The van der Waals surface area contributed by atoms with Gasteiger partial charge in [0.1, 0.15) is 12.4 Å². The summed E-state index contributed by atoms with van der Waals surface area (Å²) >= 11 is 3.39. The van der Waals surface area contributed by atoms with E-state index in [-0.39, 0.29) is 0 Å². The number of nitrogens with one attached hydrogen (secondary N) is 1. The summed E-state index contributed by atoms with van der Waals surface area (Å²) in [7, 11) is -0.681. The molecule has 96 valence electrons. The molecule has 0 aromatic heterocycles. The summed E-state index contributed by atoms with van der Waals surface area (Å²) < 4.78 is 17.7. The highest BCUT2D eigenvalue weighted by atomic mass is 79.9. The van der Waals surface area contributed by atoms with Gasteiger partial charge in [0.2, 0.25) is 0 Å². The van der Waals surface area contributed by atoms with Crippen molar-refractivity contribution in [2.75, 3.05) is 31.2 Å². The van der Waals surface area contributed by atoms with Crippen LogP contribution in [0.15, 0.2) is 28.7 Å². The van der Waals surface area contributed by atoms with Crippen molar-refractivity contribution >= 4 is 26.7 Å². The normalized spacial score (nSPS) is 12.4. The van der Waals surface area contributed by atoms with E-state index in [9.17, 15) is 4.21 Å². The van der Waals surface area contributed by atoms with Crippen LogP contribution in [0.1, 0.15) is 6.92 Å². The van der Waals surface area contributed by atoms with E-state index in [2.05, 4.69) is 21.2 Å². The van der Waals surface area contributed by atoms with Gasteiger partial charge in [0, 0.05) is 39.9 Å². The van der Waals surface area contributed by atoms with E-state index in [4.69, 9.17) is 4.74 Å². The van der Waals surface area contributed by atoms with Crippen LogP contribution < -0.4 is 10.1 Å². The molecule has 1 atom stereocenters. The molecular weight excluding hydrogens is 302 g/mol. The van der Waals surface area contributed by atoms with Gasteiger partial charge in [-0.1, -0.05) is 28.9 Å². The first-order chi connectivity index (χ1) is 8.22. The maximum Gasteiger partial charge on any atom is 0.120 e. The fraction of sp³-hybridized carbons (Fsp3) is 0.500. The molecule has 0 aliphatic carbocycles. The van der Waals surface area contributed by atoms with Crippen molar-refractivity contribution in [2.45, 2.75) is 6.92 Å². The van der Waals surface area contributed by atoms with Crippen molar-refractivity contribution < 1.29 is 8.95 Å². The van der Waals surface area contributed by atoms with Crippen LogP contribution in [0.5, 0.6) is 5.75 Å². The Hall–Kier alpha value is -0.390. The molecule has 0 radical (unpaired) electrons. The van der Waals surface area contributed by atoms with Crippen molar-refractivity contribution in [2.24, 2.45) is 0 Å². The minimum Gasteiger partial charge on any atom is -0.492 e. The molecule has 3 nitrogen and oxygen atoms in total. The Labute approximate surface area is 114 Å². The molecule has 0 saturated heterocycles. The van der Waals surface area contributed by atoms with Gasteiger partial charge in [0.25, 0.3) is 0 Å². The number of halogens is 1. The minimum absolute atomic E-state index is 0.620. The lowest BCUT2D eigenvalue weighted by Crippen LogP contribution is -2.25. The van der Waals surface area contributed by atoms with Crippen molar-refractivity contribution in [1.29, 1.82) is 0 Å². The molecule has 0 fully saturated rings. The summed E-state index contributed by atoms with van der Waals surface area (Å²) in [5, 5.41) is 3.21. The molecule has 1 rings (SSSR count). The van der Waals surface area contributed by atoms with Gasteiger partial charge in [-0.2, -0.15) is 0 Å². The molecule has 0 heterocycles. The Balaban J connectivity index is 2.06. The number of rotatable bonds is 8. The van der Waals surface area contributed by atoms with E-state index in [1.807, 2.05) is 31.2 Å². The fourth-order valence-electron chi connectivity index (χ4n) is 1.25. The Morgan fingerprint density at radius 2 is 2.24 bits per heavy atom. The third-order valence-corrected chi connectivity index (χ3v) is 3.97. The molecule has 1 aromatic carbocycles. The van der Waals surface area contributed by atoms with E-state index in [0.717, 1.165) is 29.1 Å². The van der Waals surface area contributed by atoms with E-state index in [1.54, 1.807) is 0 Å². The molecule has 17 heavy (non-hydrogen) atoms. The average Bonchev–Trinajstić information content (AvgIpc) is 2.33. The lowest BCUT2D eigenvalue weighted by atomic mass is 10.3. The predicted octanol–water partition coefficient (Wildman–Crippen LogP) is 2.19. The maximum atomic E-state index is 11.1. The Kier molecular flexibility index (Phi) is 7.48. The summed E-state index contributed by atoms with van der Waals surface area (Å²) in [5.74, 6) is 2.31. The molecule has 1 N–H and O–H groups in total. The topological polar surface area (TPSA) is 38.3 Å². The van der Waals surface area contributed by atoms with Crippen LogP contribution in [0.3, 0.4) is 0 Å². The maximum absolute atomic E-state index is 11.1. The van der Waals surface area contributed by atoms with Crippen molar-refractivity contribution in [3.8, 4) is 5.75 Å². The molecule has 0 bridgehead atoms. The van der Waals surface area contributed by atoms with Gasteiger partial charge in [-0.15, -0.1) is 0 Å². The van der Waals surface area contributed by atoms with E-state index in [0.29, 0.717) is 12.4 Å². The van der Waals surface area contributed by atoms with Gasteiger partial charge in [-0.3, -0.25) is 4.21 Å². The highest BCUT2D eigenvalue weighted by Crippen LogP contribution is 2.17. The summed E-state index contributed by atoms with van der Waals surface area (Å²) in [5.41, 5.74) is 0. The van der Waals surface area contributed by atoms with Crippen LogP contribution in [0.2, 0.25) is 0 Å². The second-order valence-electron chi connectivity index (χ2n) is 3.49. The van der Waals surface area contributed by atoms with Crippen LogP contribution in [-0.4, -0.2) is 35.4 Å². The Bertz CT molecular complexity index is 360. The molecule has 0 amide bonds. The number of hydrogen-bond donors (Lipinski definition) is 1. The second-order valence-corrected chi connectivity index (χ2v) is 6.27. The van der Waals surface area contributed by atoms with Crippen molar-refractivity contribution in [1.82, 2.24) is 5.32 Å². The average molecular weight is 320 g/mol. The van der Waals surface area contributed by atoms with E-state index in [1.165, 1.54) is 0 Å². The Morgan fingerprint density at radius 3 is 2.94 bits per heavy atom. The molecular formula is C12H18BrNO2S. The summed E-state index contributed by atoms with van der Waals surface area (Å²) in [6.45, 7) is 4.11. The molecule has 5 heteroatoms. The summed E-state index contributed by atoms with van der Waals surface area (Å²) in [6, 6.07) is 7.77. The van der Waals surface area contributed by atoms with Gasteiger partial charge >= 0.3 is 0 Å². The number of hydrogen-bond acceptors (Lipinski definition) is 3.